The van der Waals surface area contributed by atoms with Crippen molar-refractivity contribution >= 4 is 16.0 Å². The molecule has 1 atom stereocenters. The van der Waals surface area contributed by atoms with Crippen molar-refractivity contribution in [3.63, 3.8) is 0 Å². The molecule has 7 nitrogen and oxygen atoms in total. The van der Waals surface area contributed by atoms with Crippen molar-refractivity contribution in [1.29, 1.82) is 0 Å². The van der Waals surface area contributed by atoms with Gasteiger partial charge in [-0.05, 0) is 74.5 Å². The Labute approximate surface area is 196 Å². The Morgan fingerprint density at radius 1 is 0.939 bits per heavy atom. The Balaban J connectivity index is 1.58. The Bertz CT molecular complexity index is 1070. The van der Waals surface area contributed by atoms with Crippen LogP contribution in [0.15, 0.2) is 53.4 Å². The minimum absolute atomic E-state index is 0.0207. The van der Waals surface area contributed by atoms with Crippen LogP contribution in [0.5, 0.6) is 5.75 Å². The third-order valence-electron chi connectivity index (χ3n) is 6.59. The number of aromatic carboxylic acids is 1. The molecule has 0 saturated carbocycles. The van der Waals surface area contributed by atoms with Crippen molar-refractivity contribution in [1.82, 2.24) is 9.21 Å². The molecule has 0 spiro atoms. The Hall–Kier alpha value is -2.42. The van der Waals surface area contributed by atoms with E-state index in [1.807, 2.05) is 12.1 Å². The summed E-state index contributed by atoms with van der Waals surface area (Å²) in [7, 11) is -3.83. The zero-order valence-electron chi connectivity index (χ0n) is 18.9. The molecule has 2 aliphatic heterocycles. The second kappa shape index (κ2) is 10.7. The summed E-state index contributed by atoms with van der Waals surface area (Å²) in [6.45, 7) is 2.76. The molecule has 1 N–H and O–H groups in total. The molecular formula is C25H32N2O5S. The van der Waals surface area contributed by atoms with Gasteiger partial charge >= 0.3 is 5.97 Å². The van der Waals surface area contributed by atoms with Gasteiger partial charge in [0.15, 0.2) is 0 Å². The number of hydrogen-bond donors (Lipinski definition) is 1. The lowest BCUT2D eigenvalue weighted by atomic mass is 9.95. The Morgan fingerprint density at radius 3 is 2.64 bits per heavy atom. The Kier molecular flexibility index (Phi) is 7.67. The van der Waals surface area contributed by atoms with Crippen LogP contribution in [-0.2, 0) is 16.4 Å². The molecule has 2 aromatic carbocycles. The van der Waals surface area contributed by atoms with E-state index in [0.717, 1.165) is 38.0 Å². The first-order valence-electron chi connectivity index (χ1n) is 11.7. The molecule has 2 bridgehead atoms. The molecule has 4 rings (SSSR count). The lowest BCUT2D eigenvalue weighted by Crippen LogP contribution is -2.45. The van der Waals surface area contributed by atoms with Gasteiger partial charge in [0.05, 0.1) is 17.1 Å². The molecule has 2 aliphatic rings. The standard InChI is InChI=1S/C25H32N2O5S/c28-25(29)21-7-4-10-24(19-21)33(30,31)27-14-5-17-32-23-9-3-6-20(18-23)11-12-22-8-1-2-13-26(22)15-16-27/h3-4,6-7,9-10,18-19,22H,1-2,5,8,11-17H2,(H,28,29). The topological polar surface area (TPSA) is 87.1 Å². The van der Waals surface area contributed by atoms with E-state index in [9.17, 15) is 18.3 Å². The highest BCUT2D eigenvalue weighted by Gasteiger charge is 2.28. The number of hydrogen-bond acceptors (Lipinski definition) is 5. The molecule has 0 amide bonds. The van der Waals surface area contributed by atoms with E-state index in [0.29, 0.717) is 38.7 Å². The number of carbonyl (C=O) groups is 1. The molecule has 2 heterocycles. The maximum Gasteiger partial charge on any atom is 0.335 e. The number of ether oxygens (including phenoxy) is 1. The van der Waals surface area contributed by atoms with Crippen molar-refractivity contribution in [2.24, 2.45) is 0 Å². The summed E-state index contributed by atoms with van der Waals surface area (Å²) < 4.78 is 34.4. The number of benzene rings is 2. The summed E-state index contributed by atoms with van der Waals surface area (Å²) in [4.78, 5) is 13.8. The van der Waals surface area contributed by atoms with E-state index in [1.165, 1.54) is 40.6 Å². The predicted octanol–water partition coefficient (Wildman–Crippen LogP) is 3.65. The summed E-state index contributed by atoms with van der Waals surface area (Å²) in [6.07, 6.45) is 6.02. The van der Waals surface area contributed by atoms with Gasteiger partial charge in [0.25, 0.3) is 0 Å². The van der Waals surface area contributed by atoms with Crippen LogP contribution < -0.4 is 4.74 Å². The first-order chi connectivity index (χ1) is 15.9. The number of piperidine rings is 1. The number of fused-ring (bicyclic) bond motifs is 3. The third kappa shape index (κ3) is 5.93. The van der Waals surface area contributed by atoms with E-state index in [1.54, 1.807) is 0 Å². The SMILES string of the molecule is O=C(O)c1cccc(S(=O)(=O)N2CCCOc3cccc(c3)CCC3CCCCN3CC2)c1. The average Bonchev–Trinajstić information content (AvgIpc) is 2.82. The molecule has 0 radical (unpaired) electrons. The van der Waals surface area contributed by atoms with E-state index >= 15 is 0 Å². The zero-order chi connectivity index (χ0) is 23.3. The summed E-state index contributed by atoms with van der Waals surface area (Å²) in [6, 6.07) is 14.2. The molecule has 178 valence electrons. The van der Waals surface area contributed by atoms with Gasteiger partial charge < -0.3 is 9.84 Å². The zero-order valence-corrected chi connectivity index (χ0v) is 19.7. The first kappa shape index (κ1) is 23.7. The monoisotopic (exact) mass is 472 g/mol. The van der Waals surface area contributed by atoms with Crippen LogP contribution in [-0.4, -0.2) is 67.5 Å². The quantitative estimate of drug-likeness (QED) is 0.734. The fraction of sp³-hybridized carbons (Fsp3) is 0.480. The number of nitrogens with zero attached hydrogens (tertiary/aromatic N) is 2. The van der Waals surface area contributed by atoms with E-state index in [4.69, 9.17) is 4.74 Å². The Morgan fingerprint density at radius 2 is 1.79 bits per heavy atom. The molecule has 2 aromatic rings. The minimum atomic E-state index is -3.83. The smallest absolute Gasteiger partial charge is 0.335 e. The molecule has 1 fully saturated rings. The lowest BCUT2D eigenvalue weighted by molar-refractivity contribution is 0.0696. The van der Waals surface area contributed by atoms with Crippen molar-refractivity contribution in [3.8, 4) is 5.75 Å². The van der Waals surface area contributed by atoms with Crippen LogP contribution in [0.4, 0.5) is 0 Å². The van der Waals surface area contributed by atoms with E-state index < -0.39 is 16.0 Å². The fourth-order valence-electron chi connectivity index (χ4n) is 4.77. The third-order valence-corrected chi connectivity index (χ3v) is 8.48. The van der Waals surface area contributed by atoms with Gasteiger partial charge in [0.1, 0.15) is 5.75 Å². The molecule has 0 aliphatic carbocycles. The van der Waals surface area contributed by atoms with Crippen LogP contribution in [0.2, 0.25) is 0 Å². The van der Waals surface area contributed by atoms with Gasteiger partial charge in [0.2, 0.25) is 10.0 Å². The van der Waals surface area contributed by atoms with Crippen LogP contribution in [0.3, 0.4) is 0 Å². The molecule has 1 unspecified atom stereocenters. The summed E-state index contributed by atoms with van der Waals surface area (Å²) in [5.74, 6) is -0.325. The number of sulfonamides is 1. The van der Waals surface area contributed by atoms with Crippen molar-refractivity contribution in [2.75, 3.05) is 32.8 Å². The van der Waals surface area contributed by atoms with Gasteiger partial charge in [-0.3, -0.25) is 4.90 Å². The molecule has 1 saturated heterocycles. The highest BCUT2D eigenvalue weighted by Crippen LogP contribution is 2.24. The highest BCUT2D eigenvalue weighted by atomic mass is 32.2. The second-order valence-corrected chi connectivity index (χ2v) is 10.7. The van der Waals surface area contributed by atoms with Gasteiger partial charge in [0, 0.05) is 25.7 Å². The van der Waals surface area contributed by atoms with Crippen molar-refractivity contribution in [2.45, 2.75) is 49.5 Å². The van der Waals surface area contributed by atoms with Gasteiger partial charge in [-0.1, -0.05) is 24.6 Å². The summed E-state index contributed by atoms with van der Waals surface area (Å²) in [5.41, 5.74) is 1.25. The number of carboxylic acid groups (broad SMARTS) is 1. The number of carboxylic acids is 1. The summed E-state index contributed by atoms with van der Waals surface area (Å²) in [5, 5.41) is 9.30. The normalized spacial score (nSPS) is 21.4. The minimum Gasteiger partial charge on any atom is -0.494 e. The van der Waals surface area contributed by atoms with Crippen LogP contribution >= 0.6 is 0 Å². The highest BCUT2D eigenvalue weighted by molar-refractivity contribution is 7.89. The fourth-order valence-corrected chi connectivity index (χ4v) is 6.28. The largest absolute Gasteiger partial charge is 0.494 e. The van der Waals surface area contributed by atoms with E-state index in [-0.39, 0.29) is 10.5 Å². The van der Waals surface area contributed by atoms with Crippen LogP contribution in [0, 0.1) is 0 Å². The van der Waals surface area contributed by atoms with Crippen LogP contribution in [0.1, 0.15) is 48.0 Å². The van der Waals surface area contributed by atoms with Gasteiger partial charge in [-0.15, -0.1) is 0 Å². The second-order valence-electron chi connectivity index (χ2n) is 8.81. The van der Waals surface area contributed by atoms with Crippen LogP contribution in [0.25, 0.3) is 0 Å². The van der Waals surface area contributed by atoms with Gasteiger partial charge in [-0.25, -0.2) is 13.2 Å². The first-order valence-corrected chi connectivity index (χ1v) is 13.2. The van der Waals surface area contributed by atoms with Crippen molar-refractivity contribution < 1.29 is 23.1 Å². The number of aryl methyl sites for hydroxylation is 1. The molecular weight excluding hydrogens is 440 g/mol. The maximum atomic E-state index is 13.5. The van der Waals surface area contributed by atoms with Gasteiger partial charge in [-0.2, -0.15) is 4.31 Å². The molecule has 8 heteroatoms. The van der Waals surface area contributed by atoms with E-state index in [2.05, 4.69) is 17.0 Å². The predicted molar refractivity (Wildman–Crippen MR) is 126 cm³/mol. The molecule has 33 heavy (non-hydrogen) atoms. The van der Waals surface area contributed by atoms with Crippen molar-refractivity contribution in [3.05, 3.63) is 59.7 Å². The summed E-state index contributed by atoms with van der Waals surface area (Å²) >= 11 is 0. The lowest BCUT2D eigenvalue weighted by Gasteiger charge is -2.37. The average molecular weight is 473 g/mol. The number of rotatable bonds is 3. The molecule has 0 aromatic heterocycles. The maximum absolute atomic E-state index is 13.5.